The SMILES string of the molecule is COC(=O)C[C@H](NC(=O)Nc1cccnc1)C(=O)O. The molecule has 1 aromatic heterocycles. The summed E-state index contributed by atoms with van der Waals surface area (Å²) >= 11 is 0. The highest BCUT2D eigenvalue weighted by atomic mass is 16.5. The molecule has 0 spiro atoms. The van der Waals surface area contributed by atoms with Crippen LogP contribution in [0.4, 0.5) is 10.5 Å². The Bertz CT molecular complexity index is 463. The summed E-state index contributed by atoms with van der Waals surface area (Å²) < 4.78 is 4.35. The number of rotatable bonds is 5. The lowest BCUT2D eigenvalue weighted by Crippen LogP contribution is -2.44. The van der Waals surface area contributed by atoms with Gasteiger partial charge in [0.05, 0.1) is 25.4 Å². The van der Waals surface area contributed by atoms with Crippen molar-refractivity contribution in [2.24, 2.45) is 0 Å². The normalized spacial score (nSPS) is 11.2. The van der Waals surface area contributed by atoms with Crippen molar-refractivity contribution < 1.29 is 24.2 Å². The van der Waals surface area contributed by atoms with Crippen LogP contribution in [0.1, 0.15) is 6.42 Å². The second-order valence-electron chi connectivity index (χ2n) is 3.51. The predicted octanol–water partition coefficient (Wildman–Crippen LogP) is 0.219. The molecule has 0 fully saturated rings. The van der Waals surface area contributed by atoms with Gasteiger partial charge in [0, 0.05) is 6.20 Å². The first-order valence-corrected chi connectivity index (χ1v) is 5.30. The van der Waals surface area contributed by atoms with Crippen LogP contribution in [-0.4, -0.2) is 41.2 Å². The van der Waals surface area contributed by atoms with E-state index in [1.807, 2.05) is 0 Å². The highest BCUT2D eigenvalue weighted by Crippen LogP contribution is 2.03. The molecule has 1 atom stereocenters. The van der Waals surface area contributed by atoms with Crippen LogP contribution in [0.3, 0.4) is 0 Å². The van der Waals surface area contributed by atoms with Gasteiger partial charge in [-0.15, -0.1) is 0 Å². The van der Waals surface area contributed by atoms with Gasteiger partial charge in [-0.05, 0) is 12.1 Å². The van der Waals surface area contributed by atoms with Crippen molar-refractivity contribution in [1.29, 1.82) is 0 Å². The van der Waals surface area contributed by atoms with Gasteiger partial charge in [0.25, 0.3) is 0 Å². The number of pyridine rings is 1. The van der Waals surface area contributed by atoms with E-state index in [0.717, 1.165) is 7.11 Å². The Hall–Kier alpha value is -2.64. The maximum absolute atomic E-state index is 11.5. The average molecular weight is 267 g/mol. The number of hydrogen-bond acceptors (Lipinski definition) is 5. The van der Waals surface area contributed by atoms with Gasteiger partial charge in [-0.25, -0.2) is 9.59 Å². The zero-order valence-electron chi connectivity index (χ0n) is 10.1. The van der Waals surface area contributed by atoms with E-state index < -0.39 is 30.4 Å². The summed E-state index contributed by atoms with van der Waals surface area (Å²) in [6, 6.07) is 1.09. The lowest BCUT2D eigenvalue weighted by molar-refractivity contribution is -0.147. The van der Waals surface area contributed by atoms with Crippen molar-refractivity contribution in [1.82, 2.24) is 10.3 Å². The van der Waals surface area contributed by atoms with Crippen LogP contribution in [0.15, 0.2) is 24.5 Å². The van der Waals surface area contributed by atoms with Gasteiger partial charge in [-0.2, -0.15) is 0 Å². The van der Waals surface area contributed by atoms with Crippen LogP contribution in [-0.2, 0) is 14.3 Å². The van der Waals surface area contributed by atoms with Gasteiger partial charge < -0.3 is 20.5 Å². The van der Waals surface area contributed by atoms with Crippen molar-refractivity contribution >= 4 is 23.7 Å². The molecule has 19 heavy (non-hydrogen) atoms. The summed E-state index contributed by atoms with van der Waals surface area (Å²) in [4.78, 5) is 37.2. The Kier molecular flexibility index (Phi) is 5.27. The first kappa shape index (κ1) is 14.4. The molecule has 8 heteroatoms. The van der Waals surface area contributed by atoms with Crippen molar-refractivity contribution in [3.63, 3.8) is 0 Å². The fraction of sp³-hybridized carbons (Fsp3) is 0.273. The van der Waals surface area contributed by atoms with Crippen LogP contribution in [0, 0.1) is 0 Å². The van der Waals surface area contributed by atoms with Gasteiger partial charge >= 0.3 is 18.0 Å². The minimum atomic E-state index is -1.36. The number of nitrogens with one attached hydrogen (secondary N) is 2. The standard InChI is InChI=1S/C11H13N3O5/c1-19-9(15)5-8(10(16)17)14-11(18)13-7-3-2-4-12-6-7/h2-4,6,8H,5H2,1H3,(H,16,17)(H2,13,14,18)/t8-/m0/s1. The third-order valence-electron chi connectivity index (χ3n) is 2.12. The number of aliphatic carboxylic acids is 1. The summed E-state index contributed by atoms with van der Waals surface area (Å²) in [7, 11) is 1.14. The molecule has 2 amide bonds. The molecule has 0 saturated heterocycles. The minimum absolute atomic E-state index is 0.405. The smallest absolute Gasteiger partial charge is 0.326 e. The van der Waals surface area contributed by atoms with Gasteiger partial charge in [0.1, 0.15) is 6.04 Å². The summed E-state index contributed by atoms with van der Waals surface area (Å²) in [6.45, 7) is 0. The summed E-state index contributed by atoms with van der Waals surface area (Å²) in [5.74, 6) is -2.05. The van der Waals surface area contributed by atoms with E-state index >= 15 is 0 Å². The molecule has 1 rings (SSSR count). The number of amides is 2. The number of hydrogen-bond donors (Lipinski definition) is 3. The first-order chi connectivity index (χ1) is 9.02. The number of methoxy groups -OCH3 is 1. The lowest BCUT2D eigenvalue weighted by atomic mass is 10.2. The van der Waals surface area contributed by atoms with Crippen molar-refractivity contribution in [3.05, 3.63) is 24.5 Å². The maximum atomic E-state index is 11.5. The van der Waals surface area contributed by atoms with E-state index in [2.05, 4.69) is 20.4 Å². The van der Waals surface area contributed by atoms with E-state index in [0.29, 0.717) is 5.69 Å². The van der Waals surface area contributed by atoms with Gasteiger partial charge in [-0.3, -0.25) is 9.78 Å². The zero-order chi connectivity index (χ0) is 14.3. The predicted molar refractivity (Wildman–Crippen MR) is 64.4 cm³/mol. The fourth-order valence-corrected chi connectivity index (χ4v) is 1.21. The first-order valence-electron chi connectivity index (χ1n) is 5.30. The van der Waals surface area contributed by atoms with E-state index in [4.69, 9.17) is 5.11 Å². The number of carbonyl (C=O) groups excluding carboxylic acids is 2. The molecule has 102 valence electrons. The minimum Gasteiger partial charge on any atom is -0.480 e. The second-order valence-corrected chi connectivity index (χ2v) is 3.51. The Labute approximate surface area is 108 Å². The molecular formula is C11H13N3O5. The van der Waals surface area contributed by atoms with Crippen LogP contribution in [0.2, 0.25) is 0 Å². The molecule has 8 nitrogen and oxygen atoms in total. The lowest BCUT2D eigenvalue weighted by Gasteiger charge is -2.13. The zero-order valence-corrected chi connectivity index (χ0v) is 10.1. The van der Waals surface area contributed by atoms with Crippen LogP contribution in [0.25, 0.3) is 0 Å². The molecular weight excluding hydrogens is 254 g/mol. The number of esters is 1. The van der Waals surface area contributed by atoms with Crippen molar-refractivity contribution in [3.8, 4) is 0 Å². The number of anilines is 1. The Morgan fingerprint density at radius 2 is 2.21 bits per heavy atom. The maximum Gasteiger partial charge on any atom is 0.326 e. The van der Waals surface area contributed by atoms with Gasteiger partial charge in [0.2, 0.25) is 0 Å². The number of nitrogens with zero attached hydrogens (tertiary/aromatic N) is 1. The van der Waals surface area contributed by atoms with E-state index in [-0.39, 0.29) is 0 Å². The molecule has 3 N–H and O–H groups in total. The third kappa shape index (κ3) is 5.02. The molecule has 0 aliphatic rings. The molecule has 0 aliphatic heterocycles. The van der Waals surface area contributed by atoms with Crippen LogP contribution >= 0.6 is 0 Å². The largest absolute Gasteiger partial charge is 0.480 e. The number of urea groups is 1. The molecule has 1 aromatic rings. The number of carboxylic acid groups (broad SMARTS) is 1. The molecule has 0 radical (unpaired) electrons. The Morgan fingerprint density at radius 3 is 2.74 bits per heavy atom. The quantitative estimate of drug-likeness (QED) is 0.657. The topological polar surface area (TPSA) is 118 Å². The van der Waals surface area contributed by atoms with Gasteiger partial charge in [-0.1, -0.05) is 0 Å². The number of carboxylic acids is 1. The van der Waals surface area contributed by atoms with E-state index in [1.54, 1.807) is 12.1 Å². The molecule has 0 bridgehead atoms. The second kappa shape index (κ2) is 6.94. The van der Waals surface area contributed by atoms with Crippen LogP contribution < -0.4 is 10.6 Å². The molecule has 0 aromatic carbocycles. The monoisotopic (exact) mass is 267 g/mol. The molecule has 0 aliphatic carbocycles. The third-order valence-corrected chi connectivity index (χ3v) is 2.12. The highest BCUT2D eigenvalue weighted by Gasteiger charge is 2.23. The fourth-order valence-electron chi connectivity index (χ4n) is 1.21. The Morgan fingerprint density at radius 1 is 1.47 bits per heavy atom. The molecule has 1 heterocycles. The summed E-state index contributed by atoms with van der Waals surface area (Å²) in [5, 5.41) is 13.4. The average Bonchev–Trinajstić information content (AvgIpc) is 2.38. The number of carbonyl (C=O) groups is 3. The molecule has 0 saturated carbocycles. The number of aromatic nitrogens is 1. The number of ether oxygens (including phenoxy) is 1. The molecule has 0 unspecified atom stereocenters. The summed E-state index contributed by atoms with van der Waals surface area (Å²) in [6.07, 6.45) is 2.47. The van der Waals surface area contributed by atoms with E-state index in [9.17, 15) is 14.4 Å². The van der Waals surface area contributed by atoms with Gasteiger partial charge in [0.15, 0.2) is 0 Å². The van der Waals surface area contributed by atoms with Crippen molar-refractivity contribution in [2.45, 2.75) is 12.5 Å². The van der Waals surface area contributed by atoms with Crippen molar-refractivity contribution in [2.75, 3.05) is 12.4 Å². The highest BCUT2D eigenvalue weighted by molar-refractivity contribution is 5.93. The Balaban J connectivity index is 2.57. The summed E-state index contributed by atoms with van der Waals surface area (Å²) in [5.41, 5.74) is 0.405. The van der Waals surface area contributed by atoms with Crippen LogP contribution in [0.5, 0.6) is 0 Å². The van der Waals surface area contributed by atoms with E-state index in [1.165, 1.54) is 12.4 Å².